The number of hydrogen-bond donors (Lipinski definition) is 3. The third-order valence-corrected chi connectivity index (χ3v) is 4.65. The molecule has 0 aliphatic heterocycles. The Labute approximate surface area is 179 Å². The van der Waals surface area contributed by atoms with Crippen molar-refractivity contribution in [2.24, 2.45) is 7.05 Å². The van der Waals surface area contributed by atoms with Crippen LogP contribution in [0.25, 0.3) is 22.3 Å². The van der Waals surface area contributed by atoms with Crippen LogP contribution in [0.1, 0.15) is 10.4 Å². The summed E-state index contributed by atoms with van der Waals surface area (Å²) in [5, 5.41) is 16.9. The van der Waals surface area contributed by atoms with Gasteiger partial charge in [0.2, 0.25) is 12.2 Å². The molecule has 0 saturated carbocycles. The largest absolute Gasteiger partial charge is 0.496 e. The number of methoxy groups -OCH3 is 1. The van der Waals surface area contributed by atoms with Crippen molar-refractivity contribution in [3.05, 3.63) is 48.2 Å². The molecule has 0 fully saturated rings. The van der Waals surface area contributed by atoms with Gasteiger partial charge < -0.3 is 15.4 Å². The molecule has 12 heteroatoms. The van der Waals surface area contributed by atoms with E-state index in [4.69, 9.17) is 4.74 Å². The molecule has 166 valence electrons. The van der Waals surface area contributed by atoms with Gasteiger partial charge in [-0.3, -0.25) is 9.89 Å². The number of aromatic nitrogens is 5. The van der Waals surface area contributed by atoms with E-state index in [0.29, 0.717) is 17.3 Å². The Morgan fingerprint density at radius 3 is 2.75 bits per heavy atom. The molecule has 9 nitrogen and oxygen atoms in total. The fourth-order valence-electron chi connectivity index (χ4n) is 3.05. The van der Waals surface area contributed by atoms with Crippen LogP contribution in [0.2, 0.25) is 0 Å². The number of aromatic amines is 1. The number of carbonyl (C=O) groups excluding carboxylic acids is 1. The van der Waals surface area contributed by atoms with Gasteiger partial charge in [0.05, 0.1) is 24.4 Å². The second kappa shape index (κ2) is 8.57. The van der Waals surface area contributed by atoms with Crippen molar-refractivity contribution in [2.45, 2.75) is 12.7 Å². The number of anilines is 2. The molecule has 2 heterocycles. The van der Waals surface area contributed by atoms with Crippen molar-refractivity contribution < 1.29 is 22.7 Å². The highest BCUT2D eigenvalue weighted by molar-refractivity contribution is 5.97. The van der Waals surface area contributed by atoms with Gasteiger partial charge in [0, 0.05) is 23.7 Å². The van der Waals surface area contributed by atoms with Gasteiger partial charge in [0.25, 0.3) is 12.3 Å². The number of hydrogen-bond acceptors (Lipinski definition) is 6. The van der Waals surface area contributed by atoms with Crippen molar-refractivity contribution in [2.75, 3.05) is 12.4 Å². The summed E-state index contributed by atoms with van der Waals surface area (Å²) in [5.74, 6) is -0.164. The lowest BCUT2D eigenvalue weighted by molar-refractivity contribution is 0.0286. The molecular weight excluding hydrogens is 427 g/mol. The highest BCUT2D eigenvalue weighted by atomic mass is 19.3. The summed E-state index contributed by atoms with van der Waals surface area (Å²) >= 11 is 0. The van der Waals surface area contributed by atoms with Crippen LogP contribution in [0, 0.1) is 0 Å². The van der Waals surface area contributed by atoms with Crippen LogP contribution in [-0.4, -0.2) is 50.7 Å². The first-order valence-electron chi connectivity index (χ1n) is 9.38. The second-order valence-electron chi connectivity index (χ2n) is 6.80. The average Bonchev–Trinajstić information content (AvgIpc) is 3.39. The minimum Gasteiger partial charge on any atom is -0.496 e. The minimum absolute atomic E-state index is 0.0637. The van der Waals surface area contributed by atoms with Gasteiger partial charge in [-0.2, -0.15) is 10.1 Å². The summed E-state index contributed by atoms with van der Waals surface area (Å²) in [6.07, 6.45) is -4.40. The molecule has 4 aromatic rings. The first-order chi connectivity index (χ1) is 15.4. The molecule has 1 atom stereocenters. The molecule has 4 rings (SSSR count). The molecule has 0 aliphatic carbocycles. The molecule has 1 unspecified atom stereocenters. The third-order valence-electron chi connectivity index (χ3n) is 4.65. The first kappa shape index (κ1) is 21.2. The smallest absolute Gasteiger partial charge is 0.287 e. The van der Waals surface area contributed by atoms with Crippen LogP contribution >= 0.6 is 0 Å². The van der Waals surface area contributed by atoms with Gasteiger partial charge in [-0.15, -0.1) is 5.10 Å². The molecule has 2 aromatic heterocycles. The van der Waals surface area contributed by atoms with Crippen molar-refractivity contribution in [1.82, 2.24) is 30.3 Å². The van der Waals surface area contributed by atoms with Crippen LogP contribution < -0.4 is 15.4 Å². The average molecular weight is 445 g/mol. The Morgan fingerprint density at radius 2 is 2.00 bits per heavy atom. The summed E-state index contributed by atoms with van der Waals surface area (Å²) in [7, 11) is 3.01. The van der Waals surface area contributed by atoms with Gasteiger partial charge in [-0.1, -0.05) is 6.07 Å². The number of nitrogens with zero attached hydrogens (tertiary/aromatic N) is 4. The highest BCUT2D eigenvalue weighted by Gasteiger charge is 2.24. The van der Waals surface area contributed by atoms with Crippen LogP contribution in [0.3, 0.4) is 0 Å². The van der Waals surface area contributed by atoms with E-state index >= 15 is 0 Å². The zero-order chi connectivity index (χ0) is 22.8. The second-order valence-corrected chi connectivity index (χ2v) is 6.80. The predicted octanol–water partition coefficient (Wildman–Crippen LogP) is 3.40. The molecule has 2 aromatic carbocycles. The number of H-pyrrole nitrogens is 1. The number of aryl methyl sites for hydroxylation is 1. The third kappa shape index (κ3) is 4.19. The Kier molecular flexibility index (Phi) is 5.67. The Balaban J connectivity index is 1.57. The summed E-state index contributed by atoms with van der Waals surface area (Å²) in [6.45, 7) is 0. The number of alkyl halides is 3. The number of benzene rings is 2. The zero-order valence-electron chi connectivity index (χ0n) is 16.9. The van der Waals surface area contributed by atoms with Crippen molar-refractivity contribution >= 4 is 28.4 Å². The van der Waals surface area contributed by atoms with Crippen molar-refractivity contribution in [3.8, 4) is 17.1 Å². The standard InChI is InChI=1S/C20H18F3N7O2/c1-30-20(25-12-4-6-14-11(7-12)9-24-28-14)27-18(29-30)10-3-5-13(15(8-10)32-2)19(31)26-17(23)16(21)22/h3-9,16-17H,1-2H3,(H,24,28)(H,26,31)(H,25,27,29). The first-order valence-corrected chi connectivity index (χ1v) is 9.38. The number of halogens is 3. The highest BCUT2D eigenvalue weighted by Crippen LogP contribution is 2.27. The predicted molar refractivity (Wildman–Crippen MR) is 111 cm³/mol. The van der Waals surface area contributed by atoms with E-state index in [1.807, 2.05) is 18.2 Å². The van der Waals surface area contributed by atoms with Crippen LogP contribution in [0.5, 0.6) is 5.75 Å². The van der Waals surface area contributed by atoms with Crippen molar-refractivity contribution in [3.63, 3.8) is 0 Å². The van der Waals surface area contributed by atoms with E-state index in [0.717, 1.165) is 16.6 Å². The Hall–Kier alpha value is -4.09. The maximum Gasteiger partial charge on any atom is 0.287 e. The summed E-state index contributed by atoms with van der Waals surface area (Å²) in [6, 6.07) is 9.97. The van der Waals surface area contributed by atoms with Crippen LogP contribution in [-0.2, 0) is 7.05 Å². The van der Waals surface area contributed by atoms with E-state index in [9.17, 15) is 18.0 Å². The number of fused-ring (bicyclic) bond motifs is 1. The monoisotopic (exact) mass is 445 g/mol. The summed E-state index contributed by atoms with van der Waals surface area (Å²) < 4.78 is 44.7. The van der Waals surface area contributed by atoms with E-state index < -0.39 is 18.6 Å². The number of ether oxygens (including phenoxy) is 1. The lowest BCUT2D eigenvalue weighted by Crippen LogP contribution is -2.36. The van der Waals surface area contributed by atoms with Gasteiger partial charge in [0.15, 0.2) is 5.82 Å². The topological polar surface area (TPSA) is 110 Å². The minimum atomic E-state index is -3.33. The molecule has 0 saturated heterocycles. The SMILES string of the molecule is COc1cc(-c2nc(Nc3ccc4[nH]ncc4c3)n(C)n2)ccc1C(=O)NC(F)C(F)F. The zero-order valence-corrected chi connectivity index (χ0v) is 16.9. The van der Waals surface area contributed by atoms with E-state index in [1.54, 1.807) is 23.2 Å². The summed E-state index contributed by atoms with van der Waals surface area (Å²) in [4.78, 5) is 16.6. The van der Waals surface area contributed by atoms with E-state index in [-0.39, 0.29) is 11.3 Å². The lowest BCUT2D eigenvalue weighted by atomic mass is 10.1. The number of rotatable bonds is 7. The van der Waals surface area contributed by atoms with Crippen molar-refractivity contribution in [1.29, 1.82) is 0 Å². The van der Waals surface area contributed by atoms with Gasteiger partial charge in [-0.25, -0.2) is 17.9 Å². The molecule has 0 spiro atoms. The van der Waals surface area contributed by atoms with Gasteiger partial charge in [0.1, 0.15) is 5.75 Å². The normalized spacial score (nSPS) is 12.2. The van der Waals surface area contributed by atoms with E-state index in [1.165, 1.54) is 25.3 Å². The maximum atomic E-state index is 13.2. The summed E-state index contributed by atoms with van der Waals surface area (Å²) in [5.41, 5.74) is 2.10. The number of amides is 1. The van der Waals surface area contributed by atoms with Gasteiger partial charge >= 0.3 is 0 Å². The number of carbonyl (C=O) groups is 1. The molecule has 0 radical (unpaired) electrons. The van der Waals surface area contributed by atoms with Crippen LogP contribution in [0.4, 0.5) is 24.8 Å². The Morgan fingerprint density at radius 1 is 1.19 bits per heavy atom. The molecule has 32 heavy (non-hydrogen) atoms. The van der Waals surface area contributed by atoms with Gasteiger partial charge in [-0.05, 0) is 30.3 Å². The fourth-order valence-corrected chi connectivity index (χ4v) is 3.05. The fraction of sp³-hybridized carbons (Fsp3) is 0.200. The molecule has 0 aliphatic rings. The maximum absolute atomic E-state index is 13.2. The molecule has 3 N–H and O–H groups in total. The Bertz CT molecular complexity index is 1270. The van der Waals surface area contributed by atoms with Crippen LogP contribution in [0.15, 0.2) is 42.6 Å². The molecule has 1 amide bonds. The molecular formula is C20H18F3N7O2. The quantitative estimate of drug-likeness (QED) is 0.376. The lowest BCUT2D eigenvalue weighted by Gasteiger charge is -2.12. The number of nitrogens with one attached hydrogen (secondary N) is 3. The molecule has 0 bridgehead atoms. The van der Waals surface area contributed by atoms with E-state index in [2.05, 4.69) is 25.6 Å².